The molecular weight excluding hydrogens is 1030 g/mol. The van der Waals surface area contributed by atoms with Crippen molar-refractivity contribution in [1.82, 2.24) is 0 Å². The predicted molar refractivity (Wildman–Crippen MR) is 35.1 cm³/mol. The van der Waals surface area contributed by atoms with Crippen LogP contribution in [0.25, 0.3) is 0 Å². The van der Waals surface area contributed by atoms with E-state index in [0.29, 0.717) is 0 Å². The van der Waals surface area contributed by atoms with E-state index in [1.165, 1.54) is 0 Å². The molecule has 0 aliphatic heterocycles. The first-order valence-electron chi connectivity index (χ1n) is 2.26. The zero-order valence-corrected chi connectivity index (χ0v) is 22.3. The van der Waals surface area contributed by atoms with Gasteiger partial charge in [0, 0.05) is 106 Å². The van der Waals surface area contributed by atoms with Crippen molar-refractivity contribution in [3.8, 4) is 0 Å². The monoisotopic (exact) mass is 1040 g/mol. The molecule has 0 aliphatic carbocycles. The zero-order chi connectivity index (χ0) is 14.3. The number of rotatable bonds is 0. The van der Waals surface area contributed by atoms with Crippen molar-refractivity contribution in [3.05, 3.63) is 40.5 Å². The molecule has 0 aromatic carbocycles. The molecule has 4 N–H and O–H groups in total. The Kier molecular flexibility index (Phi) is 138. The largest absolute Gasteiger partial charge is 0.328 e. The van der Waals surface area contributed by atoms with Gasteiger partial charge in [0.05, 0.1) is 0 Å². The smallest absolute Gasteiger partial charge is 0.291 e. The van der Waals surface area contributed by atoms with Crippen molar-refractivity contribution in [2.75, 3.05) is 0 Å². The molecule has 0 spiro atoms. The van der Waals surface area contributed by atoms with Gasteiger partial charge in [-0.05, 0) is 0 Å². The van der Waals surface area contributed by atoms with Crippen molar-refractivity contribution >= 4 is 0 Å². The topological polar surface area (TPSA) is 253 Å². The third kappa shape index (κ3) is 94500. The standard InChI is InChI=1S/4HNO3.Ti.4W/c4*2-1(3)4;;;;;/h4*(H,2,3,4);;;;;. The first-order chi connectivity index (χ1) is 6.93. The van der Waals surface area contributed by atoms with Gasteiger partial charge in [-0.2, -0.15) is 0 Å². The van der Waals surface area contributed by atoms with Crippen LogP contribution in [-0.2, 0) is 106 Å². The molecule has 0 radical (unpaired) electrons. The second kappa shape index (κ2) is 50.0. The Labute approximate surface area is 186 Å². The van der Waals surface area contributed by atoms with Gasteiger partial charge in [-0.3, -0.25) is 0 Å². The minimum absolute atomic E-state index is 0. The average molecular weight is 1040 g/mol. The summed E-state index contributed by atoms with van der Waals surface area (Å²) in [4.78, 5) is 33.4. The fraction of sp³-hybridized carbons (Fsp3) is 0. The van der Waals surface area contributed by atoms with E-state index in [0.717, 1.165) is 0 Å². The summed E-state index contributed by atoms with van der Waals surface area (Å²) >= 11 is 0. The molecule has 0 saturated heterocycles. The van der Waals surface area contributed by atoms with Crippen LogP contribution in [0, 0.1) is 40.5 Å². The summed E-state index contributed by atoms with van der Waals surface area (Å²) in [7, 11) is 0. The van der Waals surface area contributed by atoms with Crippen molar-refractivity contribution in [3.63, 3.8) is 0 Å². The van der Waals surface area contributed by atoms with Gasteiger partial charge in [0.15, 0.2) is 0 Å². The summed E-state index contributed by atoms with van der Waals surface area (Å²) in [5, 5.41) is 54.6. The molecule has 0 aromatic heterocycles. The van der Waals surface area contributed by atoms with E-state index < -0.39 is 20.3 Å². The molecule has 0 heterocycles. The summed E-state index contributed by atoms with van der Waals surface area (Å²) in [6.45, 7) is 0. The van der Waals surface area contributed by atoms with Gasteiger partial charge in [0.1, 0.15) is 0 Å². The van der Waals surface area contributed by atoms with Crippen molar-refractivity contribution in [2.45, 2.75) is 0 Å². The molecule has 0 atom stereocenters. The van der Waals surface area contributed by atoms with Gasteiger partial charge >= 0.3 is 0 Å². The third-order valence-corrected chi connectivity index (χ3v) is 0. The number of hydrogen-bond donors (Lipinski definition) is 4. The van der Waals surface area contributed by atoms with Crippen LogP contribution in [0.5, 0.6) is 0 Å². The maximum absolute atomic E-state index is 8.36. The fourth-order valence-electron chi connectivity index (χ4n) is 0. The number of hydrogen-bond acceptors (Lipinski definition) is 8. The van der Waals surface area contributed by atoms with Gasteiger partial charge in [0.25, 0.3) is 20.3 Å². The molecule has 0 unspecified atom stereocenters. The Balaban J connectivity index is -0.0000000121. The van der Waals surface area contributed by atoms with Gasteiger partial charge in [0.2, 0.25) is 0 Å². The first kappa shape index (κ1) is 58.1. The SMILES string of the molecule is O=[N+]([O-])O.O=[N+]([O-])O.O=[N+]([O-])O.O=[N+]([O-])O.[Ti].[W].[W].[W].[W]. The van der Waals surface area contributed by atoms with Crippen LogP contribution in [0.3, 0.4) is 0 Å². The van der Waals surface area contributed by atoms with Crippen LogP contribution < -0.4 is 0 Å². The Morgan fingerprint density at radius 3 is 0.476 bits per heavy atom. The molecule has 21 heteroatoms. The van der Waals surface area contributed by atoms with Crippen LogP contribution >= 0.6 is 0 Å². The maximum atomic E-state index is 8.36. The normalized spacial score (nSPS) is 4.57. The summed E-state index contributed by atoms with van der Waals surface area (Å²) in [5.74, 6) is 0. The molecule has 0 amide bonds. The summed E-state index contributed by atoms with van der Waals surface area (Å²) in [5.41, 5.74) is 0. The van der Waals surface area contributed by atoms with Crippen LogP contribution in [0.1, 0.15) is 0 Å². The van der Waals surface area contributed by atoms with Crippen molar-refractivity contribution in [1.29, 1.82) is 0 Å². The Morgan fingerprint density at radius 2 is 0.476 bits per heavy atom. The van der Waals surface area contributed by atoms with Gasteiger partial charge in [-0.1, -0.05) is 0 Å². The second-order valence-electron chi connectivity index (χ2n) is 0.951. The minimum atomic E-state index is -1.50. The van der Waals surface area contributed by atoms with Crippen molar-refractivity contribution < 1.29 is 147 Å². The molecule has 124 valence electrons. The number of nitrogens with zero attached hydrogens (tertiary/aromatic N) is 4. The van der Waals surface area contributed by atoms with Crippen LogP contribution in [0.15, 0.2) is 0 Å². The zero-order valence-electron chi connectivity index (χ0n) is 8.98. The fourth-order valence-corrected chi connectivity index (χ4v) is 0. The molecule has 21 heavy (non-hydrogen) atoms. The summed E-state index contributed by atoms with van der Waals surface area (Å²) in [6.07, 6.45) is 0. The summed E-state index contributed by atoms with van der Waals surface area (Å²) in [6, 6.07) is 0. The molecule has 0 saturated carbocycles. The predicted octanol–water partition coefficient (Wildman–Crippen LogP) is -1.40. The molecule has 0 rings (SSSR count). The molecule has 0 bridgehead atoms. The first-order valence-corrected chi connectivity index (χ1v) is 2.26. The van der Waals surface area contributed by atoms with E-state index in [2.05, 4.69) is 0 Å². The summed E-state index contributed by atoms with van der Waals surface area (Å²) < 4.78 is 0. The van der Waals surface area contributed by atoms with Gasteiger partial charge < -0.3 is 20.8 Å². The van der Waals surface area contributed by atoms with Crippen LogP contribution in [0.2, 0.25) is 0 Å². The van der Waals surface area contributed by atoms with Crippen molar-refractivity contribution in [2.24, 2.45) is 0 Å². The maximum Gasteiger partial charge on any atom is 0.291 e. The van der Waals surface area contributed by atoms with Crippen LogP contribution in [0.4, 0.5) is 0 Å². The van der Waals surface area contributed by atoms with Gasteiger partial charge in [-0.25, -0.2) is 0 Å². The molecule has 0 aliphatic rings. The molecule has 16 nitrogen and oxygen atoms in total. The van der Waals surface area contributed by atoms with E-state index in [1.807, 2.05) is 0 Å². The van der Waals surface area contributed by atoms with E-state index in [1.54, 1.807) is 0 Å². The quantitative estimate of drug-likeness (QED) is 0.124. The van der Waals surface area contributed by atoms with E-state index in [-0.39, 0.29) is 106 Å². The van der Waals surface area contributed by atoms with E-state index in [9.17, 15) is 0 Å². The Bertz CT molecular complexity index is 173. The minimum Gasteiger partial charge on any atom is -0.328 e. The van der Waals surface area contributed by atoms with Gasteiger partial charge in [-0.15, -0.1) is 40.5 Å². The van der Waals surface area contributed by atoms with Crippen LogP contribution in [-0.4, -0.2) is 41.2 Å². The third-order valence-electron chi connectivity index (χ3n) is 0. The average Bonchev–Trinajstić information content (AvgIpc) is 1.76. The second-order valence-corrected chi connectivity index (χ2v) is 0.951. The van der Waals surface area contributed by atoms with E-state index in [4.69, 9.17) is 61.3 Å². The Hall–Kier alpha value is 0.268. The van der Waals surface area contributed by atoms with E-state index >= 15 is 0 Å². The molecule has 0 fully saturated rings. The molecular formula is H4N4O12TiW4. The Morgan fingerprint density at radius 1 is 0.476 bits per heavy atom. The molecule has 0 aromatic rings.